The standard InChI is InChI=1S/C19H19BrN2O/c1-14(16-6-4-7-17(20)13-16)21-19(23)10-12-22-11-9-15-5-2-3-8-18(15)22/h2-9,11,13-14H,10,12H2,1H3,(H,21,23). The molecule has 0 saturated heterocycles. The van der Waals surface area contributed by atoms with Crippen LogP contribution in [-0.4, -0.2) is 10.5 Å². The number of aromatic nitrogens is 1. The van der Waals surface area contributed by atoms with Crippen molar-refractivity contribution in [1.29, 1.82) is 0 Å². The van der Waals surface area contributed by atoms with Gasteiger partial charge in [0.05, 0.1) is 6.04 Å². The minimum atomic E-state index is 0.00130. The minimum absolute atomic E-state index is 0.00130. The van der Waals surface area contributed by atoms with Crippen molar-refractivity contribution in [2.75, 3.05) is 0 Å². The first kappa shape index (κ1) is 15.8. The Labute approximate surface area is 144 Å². The van der Waals surface area contributed by atoms with Gasteiger partial charge < -0.3 is 9.88 Å². The SMILES string of the molecule is CC(NC(=O)CCn1ccc2ccccc21)c1cccc(Br)c1. The largest absolute Gasteiger partial charge is 0.350 e. The number of fused-ring (bicyclic) bond motifs is 1. The highest BCUT2D eigenvalue weighted by atomic mass is 79.9. The van der Waals surface area contributed by atoms with Crippen molar-refractivity contribution in [3.05, 3.63) is 70.8 Å². The molecule has 3 rings (SSSR count). The van der Waals surface area contributed by atoms with Crippen LogP contribution in [0.4, 0.5) is 0 Å². The van der Waals surface area contributed by atoms with E-state index in [2.05, 4.69) is 44.0 Å². The minimum Gasteiger partial charge on any atom is -0.350 e. The summed E-state index contributed by atoms with van der Waals surface area (Å²) in [4.78, 5) is 12.2. The molecule has 0 aliphatic heterocycles. The highest BCUT2D eigenvalue weighted by Crippen LogP contribution is 2.18. The highest BCUT2D eigenvalue weighted by molar-refractivity contribution is 9.10. The van der Waals surface area contributed by atoms with Gasteiger partial charge in [0.15, 0.2) is 0 Å². The Bertz CT molecular complexity index is 825. The van der Waals surface area contributed by atoms with E-state index in [1.165, 1.54) is 10.9 Å². The second kappa shape index (κ2) is 7.01. The van der Waals surface area contributed by atoms with Gasteiger partial charge in [-0.3, -0.25) is 4.79 Å². The second-order valence-corrected chi connectivity index (χ2v) is 6.58. The molecule has 0 aliphatic carbocycles. The molecule has 0 radical (unpaired) electrons. The summed E-state index contributed by atoms with van der Waals surface area (Å²) in [7, 11) is 0. The van der Waals surface area contributed by atoms with E-state index < -0.39 is 0 Å². The van der Waals surface area contributed by atoms with Gasteiger partial charge in [-0.1, -0.05) is 46.3 Å². The van der Waals surface area contributed by atoms with Crippen LogP contribution >= 0.6 is 15.9 Å². The second-order valence-electron chi connectivity index (χ2n) is 5.66. The Morgan fingerprint density at radius 2 is 2.00 bits per heavy atom. The number of halogens is 1. The summed E-state index contributed by atoms with van der Waals surface area (Å²) >= 11 is 3.46. The fourth-order valence-electron chi connectivity index (χ4n) is 2.73. The number of aryl methyl sites for hydroxylation is 1. The van der Waals surface area contributed by atoms with E-state index in [9.17, 15) is 4.79 Å². The van der Waals surface area contributed by atoms with Crippen molar-refractivity contribution in [2.24, 2.45) is 0 Å². The molecule has 0 aliphatic rings. The zero-order chi connectivity index (χ0) is 16.2. The number of amides is 1. The number of benzene rings is 2. The summed E-state index contributed by atoms with van der Waals surface area (Å²) in [6.07, 6.45) is 2.51. The molecule has 0 fully saturated rings. The molecule has 118 valence electrons. The van der Waals surface area contributed by atoms with Crippen LogP contribution in [0, 0.1) is 0 Å². The van der Waals surface area contributed by atoms with Gasteiger partial charge in [-0.2, -0.15) is 0 Å². The van der Waals surface area contributed by atoms with Crippen LogP contribution in [0.3, 0.4) is 0 Å². The summed E-state index contributed by atoms with van der Waals surface area (Å²) in [6.45, 7) is 2.69. The fraction of sp³-hybridized carbons (Fsp3) is 0.211. The molecule has 2 aromatic carbocycles. The van der Waals surface area contributed by atoms with Crippen LogP contribution in [0.15, 0.2) is 65.3 Å². The normalized spacial score (nSPS) is 12.3. The number of carbonyl (C=O) groups is 1. The molecule has 1 heterocycles. The lowest BCUT2D eigenvalue weighted by atomic mass is 10.1. The van der Waals surface area contributed by atoms with Gasteiger partial charge in [-0.25, -0.2) is 0 Å². The van der Waals surface area contributed by atoms with Crippen LogP contribution in [0.1, 0.15) is 24.9 Å². The molecule has 1 amide bonds. The quantitative estimate of drug-likeness (QED) is 0.695. The van der Waals surface area contributed by atoms with Gasteiger partial charge in [0.25, 0.3) is 0 Å². The van der Waals surface area contributed by atoms with Gasteiger partial charge in [0, 0.05) is 29.2 Å². The first-order valence-corrected chi connectivity index (χ1v) is 8.51. The van der Waals surface area contributed by atoms with E-state index in [1.807, 2.05) is 49.5 Å². The molecule has 1 unspecified atom stereocenters. The van der Waals surface area contributed by atoms with E-state index in [0.717, 1.165) is 10.0 Å². The Morgan fingerprint density at radius 1 is 1.17 bits per heavy atom. The smallest absolute Gasteiger partial charge is 0.222 e. The summed E-state index contributed by atoms with van der Waals surface area (Å²) in [5.41, 5.74) is 2.26. The van der Waals surface area contributed by atoms with Crippen LogP contribution in [-0.2, 0) is 11.3 Å². The van der Waals surface area contributed by atoms with E-state index in [-0.39, 0.29) is 11.9 Å². The Hall–Kier alpha value is -2.07. The van der Waals surface area contributed by atoms with E-state index in [4.69, 9.17) is 0 Å². The summed E-state index contributed by atoms with van der Waals surface area (Å²) in [5, 5.41) is 4.26. The number of nitrogens with zero attached hydrogens (tertiary/aromatic N) is 1. The number of rotatable bonds is 5. The first-order chi connectivity index (χ1) is 11.1. The maximum absolute atomic E-state index is 12.2. The van der Waals surface area contributed by atoms with Gasteiger partial charge in [-0.05, 0) is 42.1 Å². The lowest BCUT2D eigenvalue weighted by molar-refractivity contribution is -0.121. The predicted octanol–water partition coefficient (Wildman–Crippen LogP) is 4.67. The van der Waals surface area contributed by atoms with Gasteiger partial charge in [-0.15, -0.1) is 0 Å². The summed E-state index contributed by atoms with van der Waals surface area (Å²) < 4.78 is 3.15. The average Bonchev–Trinajstić information content (AvgIpc) is 2.96. The van der Waals surface area contributed by atoms with Crippen molar-refractivity contribution in [1.82, 2.24) is 9.88 Å². The van der Waals surface area contributed by atoms with Crippen LogP contribution in [0.25, 0.3) is 10.9 Å². The Kier molecular flexibility index (Phi) is 4.82. The van der Waals surface area contributed by atoms with Crippen LogP contribution < -0.4 is 5.32 Å². The molecule has 1 N–H and O–H groups in total. The number of para-hydroxylation sites is 1. The third kappa shape index (κ3) is 3.82. The molecule has 1 aromatic heterocycles. The molecule has 23 heavy (non-hydrogen) atoms. The summed E-state index contributed by atoms with van der Waals surface area (Å²) in [5.74, 6) is 0.0651. The molecule has 4 heteroatoms. The van der Waals surface area contributed by atoms with Crippen molar-refractivity contribution in [3.8, 4) is 0 Å². The van der Waals surface area contributed by atoms with Crippen LogP contribution in [0.5, 0.6) is 0 Å². The maximum atomic E-state index is 12.2. The van der Waals surface area contributed by atoms with Crippen molar-refractivity contribution in [2.45, 2.75) is 25.9 Å². The molecule has 3 nitrogen and oxygen atoms in total. The van der Waals surface area contributed by atoms with Crippen molar-refractivity contribution >= 4 is 32.7 Å². The average molecular weight is 371 g/mol. The van der Waals surface area contributed by atoms with Crippen molar-refractivity contribution in [3.63, 3.8) is 0 Å². The summed E-state index contributed by atoms with van der Waals surface area (Å²) in [6, 6.07) is 18.3. The molecule has 1 atom stereocenters. The number of hydrogen-bond acceptors (Lipinski definition) is 1. The molecule has 0 saturated carbocycles. The monoisotopic (exact) mass is 370 g/mol. The van der Waals surface area contributed by atoms with Gasteiger partial charge in [0.2, 0.25) is 5.91 Å². The molecule has 3 aromatic rings. The molecular weight excluding hydrogens is 352 g/mol. The maximum Gasteiger partial charge on any atom is 0.222 e. The molecule has 0 spiro atoms. The predicted molar refractivity (Wildman–Crippen MR) is 97.3 cm³/mol. The van der Waals surface area contributed by atoms with Crippen LogP contribution in [0.2, 0.25) is 0 Å². The topological polar surface area (TPSA) is 34.0 Å². The third-order valence-corrected chi connectivity index (χ3v) is 4.48. The fourth-order valence-corrected chi connectivity index (χ4v) is 3.15. The lowest BCUT2D eigenvalue weighted by Gasteiger charge is -2.15. The number of nitrogens with one attached hydrogen (secondary N) is 1. The zero-order valence-corrected chi connectivity index (χ0v) is 14.6. The number of carbonyl (C=O) groups excluding carboxylic acids is 1. The van der Waals surface area contributed by atoms with Gasteiger partial charge in [0.1, 0.15) is 0 Å². The Balaban J connectivity index is 1.59. The van der Waals surface area contributed by atoms with Gasteiger partial charge >= 0.3 is 0 Å². The third-order valence-electron chi connectivity index (χ3n) is 3.99. The molecule has 0 bridgehead atoms. The lowest BCUT2D eigenvalue weighted by Crippen LogP contribution is -2.27. The van der Waals surface area contributed by atoms with E-state index >= 15 is 0 Å². The van der Waals surface area contributed by atoms with E-state index in [0.29, 0.717) is 13.0 Å². The zero-order valence-electron chi connectivity index (χ0n) is 13.0. The molecular formula is C19H19BrN2O. The Morgan fingerprint density at radius 3 is 2.83 bits per heavy atom. The van der Waals surface area contributed by atoms with E-state index in [1.54, 1.807) is 0 Å². The number of hydrogen-bond donors (Lipinski definition) is 1. The highest BCUT2D eigenvalue weighted by Gasteiger charge is 2.10. The van der Waals surface area contributed by atoms with Crippen molar-refractivity contribution < 1.29 is 4.79 Å². The first-order valence-electron chi connectivity index (χ1n) is 7.72.